The van der Waals surface area contributed by atoms with Crippen molar-refractivity contribution in [3.8, 4) is 11.5 Å². The highest BCUT2D eigenvalue weighted by Crippen LogP contribution is 2.45. The third kappa shape index (κ3) is 6.49. The summed E-state index contributed by atoms with van der Waals surface area (Å²) in [4.78, 5) is 25.6. The van der Waals surface area contributed by atoms with Crippen LogP contribution in [0.4, 0.5) is 0 Å². The molecular weight excluding hydrogens is 496 g/mol. The monoisotopic (exact) mass is 540 g/mol. The van der Waals surface area contributed by atoms with E-state index < -0.39 is 11.4 Å². The Labute approximate surface area is 240 Å². The SMILES string of the molecule is CCC(C)(C)Oc1ccc(C2(c3ccc(OC(=O)c4ccc(C(=O)C(C)(C)CC)cc4)cc3)CCCCC2)cc1. The number of esters is 1. The molecule has 0 aliphatic heterocycles. The molecular formula is C36H44O4. The van der Waals surface area contributed by atoms with E-state index in [-0.39, 0.29) is 16.8 Å². The van der Waals surface area contributed by atoms with Gasteiger partial charge in [-0.05, 0) is 87.1 Å². The zero-order valence-corrected chi connectivity index (χ0v) is 25.0. The molecule has 0 bridgehead atoms. The summed E-state index contributed by atoms with van der Waals surface area (Å²) in [5.41, 5.74) is 2.90. The van der Waals surface area contributed by atoms with Gasteiger partial charge in [-0.2, -0.15) is 0 Å². The number of carbonyl (C=O) groups is 2. The van der Waals surface area contributed by atoms with Crippen molar-refractivity contribution in [2.75, 3.05) is 0 Å². The van der Waals surface area contributed by atoms with Crippen molar-refractivity contribution in [2.24, 2.45) is 5.41 Å². The normalized spacial score (nSPS) is 15.3. The standard InChI is InChI=1S/C36H44O4/c1-7-34(3,4)32(37)26-12-14-27(15-13-26)33(38)39-30-20-16-28(17-21-30)36(24-10-9-11-25-36)29-18-22-31(23-19-29)40-35(5,6)8-2/h12-23H,7-11,24-25H2,1-6H3. The molecule has 0 radical (unpaired) electrons. The van der Waals surface area contributed by atoms with Crippen molar-refractivity contribution in [2.45, 2.75) is 97.5 Å². The molecule has 4 rings (SSSR count). The van der Waals surface area contributed by atoms with E-state index in [4.69, 9.17) is 9.47 Å². The van der Waals surface area contributed by atoms with Gasteiger partial charge in [0.15, 0.2) is 5.78 Å². The largest absolute Gasteiger partial charge is 0.488 e. The van der Waals surface area contributed by atoms with Crippen LogP contribution >= 0.6 is 0 Å². The first-order chi connectivity index (χ1) is 19.0. The first-order valence-corrected chi connectivity index (χ1v) is 14.8. The van der Waals surface area contributed by atoms with Crippen LogP contribution in [0.1, 0.15) is 118 Å². The van der Waals surface area contributed by atoms with Crippen LogP contribution in [-0.4, -0.2) is 17.4 Å². The van der Waals surface area contributed by atoms with Gasteiger partial charge in [0.1, 0.15) is 17.1 Å². The summed E-state index contributed by atoms with van der Waals surface area (Å²) in [5, 5.41) is 0. The summed E-state index contributed by atoms with van der Waals surface area (Å²) in [6.45, 7) is 12.3. The van der Waals surface area contributed by atoms with Crippen LogP contribution in [0, 0.1) is 5.41 Å². The highest BCUT2D eigenvalue weighted by atomic mass is 16.5. The van der Waals surface area contributed by atoms with Gasteiger partial charge < -0.3 is 9.47 Å². The molecule has 1 aliphatic carbocycles. The van der Waals surface area contributed by atoms with Crippen molar-refractivity contribution in [3.63, 3.8) is 0 Å². The minimum absolute atomic E-state index is 0.0613. The van der Waals surface area contributed by atoms with Gasteiger partial charge in [0.2, 0.25) is 0 Å². The Kier molecular flexibility index (Phi) is 8.87. The van der Waals surface area contributed by atoms with Gasteiger partial charge in [-0.3, -0.25) is 4.79 Å². The highest BCUT2D eigenvalue weighted by molar-refractivity contribution is 6.01. The molecule has 0 atom stereocenters. The number of benzene rings is 3. The zero-order valence-electron chi connectivity index (χ0n) is 25.0. The van der Waals surface area contributed by atoms with Crippen LogP contribution in [0.2, 0.25) is 0 Å². The third-order valence-corrected chi connectivity index (χ3v) is 8.86. The van der Waals surface area contributed by atoms with E-state index in [2.05, 4.69) is 57.2 Å². The first kappa shape index (κ1) is 29.6. The predicted octanol–water partition coefficient (Wildman–Crippen LogP) is 9.34. The lowest BCUT2D eigenvalue weighted by Crippen LogP contribution is -2.30. The van der Waals surface area contributed by atoms with Gasteiger partial charge in [0.25, 0.3) is 0 Å². The van der Waals surface area contributed by atoms with Gasteiger partial charge in [-0.1, -0.05) is 83.4 Å². The molecule has 1 aliphatic rings. The third-order valence-electron chi connectivity index (χ3n) is 8.86. The van der Waals surface area contributed by atoms with E-state index in [1.54, 1.807) is 24.3 Å². The van der Waals surface area contributed by atoms with Crippen molar-refractivity contribution in [1.82, 2.24) is 0 Å². The molecule has 1 fully saturated rings. The van der Waals surface area contributed by atoms with E-state index in [1.807, 2.05) is 32.9 Å². The van der Waals surface area contributed by atoms with Gasteiger partial charge in [0, 0.05) is 16.4 Å². The summed E-state index contributed by atoms with van der Waals surface area (Å²) in [7, 11) is 0. The average molecular weight is 541 g/mol. The van der Waals surface area contributed by atoms with E-state index >= 15 is 0 Å². The van der Waals surface area contributed by atoms with E-state index in [9.17, 15) is 9.59 Å². The molecule has 0 unspecified atom stereocenters. The summed E-state index contributed by atoms with van der Waals surface area (Å²) in [6.07, 6.45) is 7.50. The van der Waals surface area contributed by atoms with Gasteiger partial charge in [-0.25, -0.2) is 4.79 Å². The van der Waals surface area contributed by atoms with Crippen LogP contribution in [0.3, 0.4) is 0 Å². The van der Waals surface area contributed by atoms with Crippen molar-refractivity contribution < 1.29 is 19.1 Å². The lowest BCUT2D eigenvalue weighted by Gasteiger charge is -2.39. The second-order valence-electron chi connectivity index (χ2n) is 12.4. The Morgan fingerprint density at radius 1 is 0.675 bits per heavy atom. The van der Waals surface area contributed by atoms with Crippen molar-refractivity contribution in [3.05, 3.63) is 95.1 Å². The van der Waals surface area contributed by atoms with Crippen molar-refractivity contribution in [1.29, 1.82) is 0 Å². The van der Waals surface area contributed by atoms with Crippen LogP contribution in [0.5, 0.6) is 11.5 Å². The Morgan fingerprint density at radius 3 is 1.68 bits per heavy atom. The molecule has 4 heteroatoms. The molecule has 1 saturated carbocycles. The minimum atomic E-state index is -0.431. The molecule has 0 amide bonds. The molecule has 0 heterocycles. The Hall–Kier alpha value is -3.40. The van der Waals surface area contributed by atoms with Crippen molar-refractivity contribution >= 4 is 11.8 Å². The number of ketones is 1. The number of hydrogen-bond donors (Lipinski definition) is 0. The summed E-state index contributed by atoms with van der Waals surface area (Å²) < 4.78 is 11.9. The molecule has 40 heavy (non-hydrogen) atoms. The predicted molar refractivity (Wildman–Crippen MR) is 162 cm³/mol. The number of Topliss-reactive ketones (excluding diaryl/α,β-unsaturated/α-hetero) is 1. The number of hydrogen-bond acceptors (Lipinski definition) is 4. The van der Waals surface area contributed by atoms with Crippen LogP contribution in [0.25, 0.3) is 0 Å². The Morgan fingerprint density at radius 2 is 1.18 bits per heavy atom. The van der Waals surface area contributed by atoms with Crippen LogP contribution < -0.4 is 9.47 Å². The molecule has 3 aromatic rings. The Balaban J connectivity index is 1.50. The zero-order chi connectivity index (χ0) is 29.0. The van der Waals surface area contributed by atoms with E-state index in [1.165, 1.54) is 30.4 Å². The molecule has 0 N–H and O–H groups in total. The second kappa shape index (κ2) is 12.0. The average Bonchev–Trinajstić information content (AvgIpc) is 2.97. The minimum Gasteiger partial charge on any atom is -0.488 e. The molecule has 0 spiro atoms. The molecule has 0 saturated heterocycles. The van der Waals surface area contributed by atoms with Crippen LogP contribution in [0.15, 0.2) is 72.8 Å². The Bertz CT molecular complexity index is 1290. The topological polar surface area (TPSA) is 52.6 Å². The smallest absolute Gasteiger partial charge is 0.343 e. The lowest BCUT2D eigenvalue weighted by molar-refractivity contribution is 0.0733. The van der Waals surface area contributed by atoms with Crippen LogP contribution in [-0.2, 0) is 5.41 Å². The number of rotatable bonds is 10. The fourth-order valence-corrected chi connectivity index (χ4v) is 5.45. The molecule has 4 nitrogen and oxygen atoms in total. The lowest BCUT2D eigenvalue weighted by atomic mass is 9.65. The first-order valence-electron chi connectivity index (χ1n) is 14.8. The maximum Gasteiger partial charge on any atom is 0.343 e. The second-order valence-corrected chi connectivity index (χ2v) is 12.4. The molecule has 3 aromatic carbocycles. The molecule has 212 valence electrons. The van der Waals surface area contributed by atoms with Gasteiger partial charge >= 0.3 is 5.97 Å². The van der Waals surface area contributed by atoms with E-state index in [0.29, 0.717) is 16.9 Å². The molecule has 0 aromatic heterocycles. The fourth-order valence-electron chi connectivity index (χ4n) is 5.45. The number of carbonyl (C=O) groups excluding carboxylic acids is 2. The van der Waals surface area contributed by atoms with Gasteiger partial charge in [-0.15, -0.1) is 0 Å². The summed E-state index contributed by atoms with van der Waals surface area (Å²) >= 11 is 0. The number of ether oxygens (including phenoxy) is 2. The maximum atomic E-state index is 12.9. The van der Waals surface area contributed by atoms with Gasteiger partial charge in [0.05, 0.1) is 5.56 Å². The summed E-state index contributed by atoms with van der Waals surface area (Å²) in [5.74, 6) is 1.06. The van der Waals surface area contributed by atoms with E-state index in [0.717, 1.165) is 31.4 Å². The fraction of sp³-hybridized carbons (Fsp3) is 0.444. The highest BCUT2D eigenvalue weighted by Gasteiger charge is 2.36. The summed E-state index contributed by atoms with van der Waals surface area (Å²) in [6, 6.07) is 23.4. The maximum absolute atomic E-state index is 12.9. The quantitative estimate of drug-likeness (QED) is 0.146.